The second-order valence-corrected chi connectivity index (χ2v) is 8.61. The molecule has 0 saturated heterocycles. The second kappa shape index (κ2) is 8.49. The van der Waals surface area contributed by atoms with Crippen LogP contribution in [-0.2, 0) is 14.8 Å². The van der Waals surface area contributed by atoms with E-state index in [2.05, 4.69) is 21.2 Å². The Kier molecular flexibility index (Phi) is 6.61. The lowest BCUT2D eigenvalue weighted by atomic mass is 10.2. The summed E-state index contributed by atoms with van der Waals surface area (Å²) in [4.78, 5) is 12.1. The van der Waals surface area contributed by atoms with E-state index in [1.165, 1.54) is 10.6 Å². The molecule has 0 spiro atoms. The maximum atomic E-state index is 12.1. The molecule has 7 heteroatoms. The standard InChI is InChI=1S/C18H21BrN2O3S/c1-14-7-3-4-10-17(14)21(25(2,23)24)12-6-11-18(22)20-16-9-5-8-15(19)13-16/h3-5,7-10,13H,6,11-12H2,1-2H3,(H,20,22). The average molecular weight is 425 g/mol. The Morgan fingerprint density at radius 1 is 1.16 bits per heavy atom. The number of anilines is 2. The van der Waals surface area contributed by atoms with Crippen LogP contribution < -0.4 is 9.62 Å². The van der Waals surface area contributed by atoms with E-state index in [1.54, 1.807) is 18.2 Å². The first kappa shape index (κ1) is 19.5. The number of hydrogen-bond donors (Lipinski definition) is 1. The zero-order valence-electron chi connectivity index (χ0n) is 14.2. The lowest BCUT2D eigenvalue weighted by Gasteiger charge is -2.24. The maximum absolute atomic E-state index is 12.1. The molecule has 1 N–H and O–H groups in total. The molecule has 5 nitrogen and oxygen atoms in total. The Morgan fingerprint density at radius 2 is 1.88 bits per heavy atom. The summed E-state index contributed by atoms with van der Waals surface area (Å²) in [6.07, 6.45) is 1.85. The minimum atomic E-state index is -3.41. The molecule has 1 amide bonds. The van der Waals surface area contributed by atoms with Gasteiger partial charge in [0.2, 0.25) is 15.9 Å². The predicted octanol–water partition coefficient (Wildman–Crippen LogP) is 3.94. The Hall–Kier alpha value is -1.86. The number of carbonyl (C=O) groups excluding carboxylic acids is 1. The molecule has 2 aromatic carbocycles. The summed E-state index contributed by atoms with van der Waals surface area (Å²) in [5.41, 5.74) is 2.24. The summed E-state index contributed by atoms with van der Waals surface area (Å²) in [6.45, 7) is 2.13. The highest BCUT2D eigenvalue weighted by atomic mass is 79.9. The smallest absolute Gasteiger partial charge is 0.232 e. The van der Waals surface area contributed by atoms with E-state index in [0.29, 0.717) is 17.8 Å². The minimum absolute atomic E-state index is 0.142. The Morgan fingerprint density at radius 3 is 2.52 bits per heavy atom. The topological polar surface area (TPSA) is 66.5 Å². The Bertz CT molecular complexity index is 853. The first-order valence-electron chi connectivity index (χ1n) is 7.86. The van der Waals surface area contributed by atoms with E-state index in [-0.39, 0.29) is 18.9 Å². The second-order valence-electron chi connectivity index (χ2n) is 5.78. The van der Waals surface area contributed by atoms with Crippen molar-refractivity contribution in [3.05, 3.63) is 58.6 Å². The third kappa shape index (κ3) is 5.86. The summed E-state index contributed by atoms with van der Waals surface area (Å²) in [7, 11) is -3.41. The fraction of sp³-hybridized carbons (Fsp3) is 0.278. The van der Waals surface area contributed by atoms with Crippen LogP contribution in [0.25, 0.3) is 0 Å². The molecular weight excluding hydrogens is 404 g/mol. The van der Waals surface area contributed by atoms with E-state index >= 15 is 0 Å². The number of nitrogens with zero attached hydrogens (tertiary/aromatic N) is 1. The van der Waals surface area contributed by atoms with Gasteiger partial charge in [-0.1, -0.05) is 40.2 Å². The van der Waals surface area contributed by atoms with Crippen LogP contribution in [0.1, 0.15) is 18.4 Å². The largest absolute Gasteiger partial charge is 0.326 e. The number of carbonyl (C=O) groups is 1. The highest BCUT2D eigenvalue weighted by molar-refractivity contribution is 9.10. The number of sulfonamides is 1. The third-order valence-electron chi connectivity index (χ3n) is 3.66. The lowest BCUT2D eigenvalue weighted by Crippen LogP contribution is -2.32. The molecule has 0 saturated carbocycles. The van der Waals surface area contributed by atoms with Gasteiger partial charge in [-0.3, -0.25) is 9.10 Å². The van der Waals surface area contributed by atoms with Gasteiger partial charge in [0.15, 0.2) is 0 Å². The molecule has 134 valence electrons. The van der Waals surface area contributed by atoms with Crippen molar-refractivity contribution in [3.63, 3.8) is 0 Å². The lowest BCUT2D eigenvalue weighted by molar-refractivity contribution is -0.116. The van der Waals surface area contributed by atoms with Gasteiger partial charge in [0.1, 0.15) is 0 Å². The van der Waals surface area contributed by atoms with Crippen LogP contribution in [0, 0.1) is 6.92 Å². The molecule has 0 aliphatic carbocycles. The molecule has 0 aromatic heterocycles. The van der Waals surface area contributed by atoms with Crippen LogP contribution in [0.3, 0.4) is 0 Å². The number of nitrogens with one attached hydrogen (secondary N) is 1. The molecule has 25 heavy (non-hydrogen) atoms. The van der Waals surface area contributed by atoms with E-state index in [0.717, 1.165) is 10.0 Å². The highest BCUT2D eigenvalue weighted by Gasteiger charge is 2.19. The molecular formula is C18H21BrN2O3S. The van der Waals surface area contributed by atoms with Gasteiger partial charge in [0.25, 0.3) is 0 Å². The van der Waals surface area contributed by atoms with Gasteiger partial charge in [-0.05, 0) is 43.2 Å². The monoisotopic (exact) mass is 424 g/mol. The zero-order chi connectivity index (χ0) is 18.4. The van der Waals surface area contributed by atoms with Crippen LogP contribution in [0.15, 0.2) is 53.0 Å². The van der Waals surface area contributed by atoms with Gasteiger partial charge in [0, 0.05) is 23.1 Å². The third-order valence-corrected chi connectivity index (χ3v) is 5.33. The van der Waals surface area contributed by atoms with Crippen molar-refractivity contribution in [1.82, 2.24) is 0 Å². The number of benzene rings is 2. The van der Waals surface area contributed by atoms with Crippen LogP contribution >= 0.6 is 15.9 Å². The maximum Gasteiger partial charge on any atom is 0.232 e. The number of para-hydroxylation sites is 1. The number of aryl methyl sites for hydroxylation is 1. The van der Waals surface area contributed by atoms with Gasteiger partial charge in [0.05, 0.1) is 11.9 Å². The number of rotatable bonds is 7. The first-order valence-corrected chi connectivity index (χ1v) is 10.5. The number of amides is 1. The predicted molar refractivity (Wildman–Crippen MR) is 105 cm³/mol. The summed E-state index contributed by atoms with van der Waals surface area (Å²) >= 11 is 3.35. The summed E-state index contributed by atoms with van der Waals surface area (Å²) < 4.78 is 26.5. The minimum Gasteiger partial charge on any atom is -0.326 e. The fourth-order valence-corrected chi connectivity index (χ4v) is 3.90. The van der Waals surface area contributed by atoms with Crippen LogP contribution in [0.4, 0.5) is 11.4 Å². The fourth-order valence-electron chi connectivity index (χ4n) is 2.48. The van der Waals surface area contributed by atoms with Crippen molar-refractivity contribution in [2.75, 3.05) is 22.4 Å². The van der Waals surface area contributed by atoms with Crippen LogP contribution in [0.2, 0.25) is 0 Å². The van der Waals surface area contributed by atoms with E-state index in [4.69, 9.17) is 0 Å². The van der Waals surface area contributed by atoms with Crippen molar-refractivity contribution >= 4 is 43.2 Å². The van der Waals surface area contributed by atoms with Crippen LogP contribution in [0.5, 0.6) is 0 Å². The van der Waals surface area contributed by atoms with E-state index in [1.807, 2.05) is 37.3 Å². The Balaban J connectivity index is 1.97. The van der Waals surface area contributed by atoms with Gasteiger partial charge >= 0.3 is 0 Å². The molecule has 0 aliphatic rings. The first-order chi connectivity index (χ1) is 11.8. The summed E-state index contributed by atoms with van der Waals surface area (Å²) in [5.74, 6) is -0.142. The van der Waals surface area contributed by atoms with Crippen molar-refractivity contribution < 1.29 is 13.2 Å². The van der Waals surface area contributed by atoms with E-state index in [9.17, 15) is 13.2 Å². The van der Waals surface area contributed by atoms with Gasteiger partial charge in [-0.2, -0.15) is 0 Å². The zero-order valence-corrected chi connectivity index (χ0v) is 16.6. The van der Waals surface area contributed by atoms with Crippen molar-refractivity contribution in [2.24, 2.45) is 0 Å². The van der Waals surface area contributed by atoms with Crippen molar-refractivity contribution in [2.45, 2.75) is 19.8 Å². The number of hydrogen-bond acceptors (Lipinski definition) is 3. The molecule has 0 atom stereocenters. The number of halogens is 1. The van der Waals surface area contributed by atoms with Crippen molar-refractivity contribution in [3.8, 4) is 0 Å². The molecule has 0 aliphatic heterocycles. The molecule has 0 fully saturated rings. The molecule has 2 rings (SSSR count). The normalized spacial score (nSPS) is 11.2. The molecule has 0 heterocycles. The van der Waals surface area contributed by atoms with Crippen molar-refractivity contribution in [1.29, 1.82) is 0 Å². The van der Waals surface area contributed by atoms with E-state index < -0.39 is 10.0 Å². The summed E-state index contributed by atoms with van der Waals surface area (Å²) in [5, 5.41) is 2.81. The highest BCUT2D eigenvalue weighted by Crippen LogP contribution is 2.22. The van der Waals surface area contributed by atoms with Gasteiger partial charge < -0.3 is 5.32 Å². The molecule has 0 radical (unpaired) electrons. The Labute approximate surface area is 157 Å². The quantitative estimate of drug-likeness (QED) is 0.731. The van der Waals surface area contributed by atoms with Gasteiger partial charge in [-0.15, -0.1) is 0 Å². The molecule has 0 bridgehead atoms. The van der Waals surface area contributed by atoms with Crippen LogP contribution in [-0.4, -0.2) is 27.1 Å². The van der Waals surface area contributed by atoms with Gasteiger partial charge in [-0.25, -0.2) is 8.42 Å². The molecule has 0 unspecified atom stereocenters. The SMILES string of the molecule is Cc1ccccc1N(CCCC(=O)Nc1cccc(Br)c1)S(C)(=O)=O. The molecule has 2 aromatic rings. The average Bonchev–Trinajstić information content (AvgIpc) is 2.51. The summed E-state index contributed by atoms with van der Waals surface area (Å²) in [6, 6.07) is 14.6.